The summed E-state index contributed by atoms with van der Waals surface area (Å²) in [7, 11) is 0. The number of hydrogen-bond donors (Lipinski definition) is 3. The predicted octanol–water partition coefficient (Wildman–Crippen LogP) is 5.43. The van der Waals surface area contributed by atoms with E-state index in [2.05, 4.69) is 26.5 Å². The summed E-state index contributed by atoms with van der Waals surface area (Å²) in [4.78, 5) is 25.2. The van der Waals surface area contributed by atoms with E-state index in [-0.39, 0.29) is 18.6 Å². The van der Waals surface area contributed by atoms with Gasteiger partial charge in [-0.2, -0.15) is 12.6 Å². The molecule has 0 saturated heterocycles. The number of thiol groups is 1. The van der Waals surface area contributed by atoms with Crippen molar-refractivity contribution in [1.82, 2.24) is 0 Å². The first-order valence-corrected chi connectivity index (χ1v) is 12.2. The average Bonchev–Trinajstić information content (AvgIpc) is 2.70. The monoisotopic (exact) mass is 416 g/mol. The second-order valence-electron chi connectivity index (χ2n) is 8.05. The zero-order valence-corrected chi connectivity index (χ0v) is 19.2. The van der Waals surface area contributed by atoms with Crippen molar-refractivity contribution in [2.75, 3.05) is 5.75 Å². The largest absolute Gasteiger partial charge is 0.388 e. The molecule has 0 spiro atoms. The molecule has 0 radical (unpaired) electrons. The third kappa shape index (κ3) is 11.0. The molecule has 0 bridgehead atoms. The standard InChI is InChI=1S/C23H44O4S/c1-3-5-7-9-11-13-15-17-20(24)23(27,22(26)19-28)21(25)18-16-14-12-10-8-6-4-2/h22,26-28H,3-19H2,1-2H3. The molecule has 1 atom stereocenters. The van der Waals surface area contributed by atoms with Crippen molar-refractivity contribution in [3.05, 3.63) is 0 Å². The highest BCUT2D eigenvalue weighted by molar-refractivity contribution is 7.80. The SMILES string of the molecule is CCCCCCCCCC(=O)C(O)(C(=O)CCCCCCCCC)C(O)CS. The van der Waals surface area contributed by atoms with E-state index in [1.807, 2.05) is 0 Å². The van der Waals surface area contributed by atoms with E-state index in [1.165, 1.54) is 38.5 Å². The van der Waals surface area contributed by atoms with E-state index in [1.54, 1.807) is 0 Å². The summed E-state index contributed by atoms with van der Waals surface area (Å²) in [6, 6.07) is 0. The van der Waals surface area contributed by atoms with E-state index in [0.29, 0.717) is 12.8 Å². The predicted molar refractivity (Wildman–Crippen MR) is 120 cm³/mol. The van der Waals surface area contributed by atoms with Crippen molar-refractivity contribution in [3.8, 4) is 0 Å². The van der Waals surface area contributed by atoms with Crippen LogP contribution in [0.25, 0.3) is 0 Å². The molecule has 2 N–H and O–H groups in total. The zero-order valence-electron chi connectivity index (χ0n) is 18.3. The maximum Gasteiger partial charge on any atom is 0.208 e. The first-order chi connectivity index (χ1) is 13.4. The van der Waals surface area contributed by atoms with Crippen LogP contribution in [0.4, 0.5) is 0 Å². The Morgan fingerprint density at radius 2 is 1.04 bits per heavy atom. The molecule has 0 rings (SSSR count). The number of hydrogen-bond acceptors (Lipinski definition) is 5. The van der Waals surface area contributed by atoms with E-state index in [9.17, 15) is 19.8 Å². The van der Waals surface area contributed by atoms with Crippen LogP contribution in [0.15, 0.2) is 0 Å². The summed E-state index contributed by atoms with van der Waals surface area (Å²) < 4.78 is 0. The van der Waals surface area contributed by atoms with E-state index < -0.39 is 23.3 Å². The smallest absolute Gasteiger partial charge is 0.208 e. The summed E-state index contributed by atoms with van der Waals surface area (Å²) in [5.74, 6) is -1.20. The molecule has 5 heteroatoms. The molecule has 0 fully saturated rings. The van der Waals surface area contributed by atoms with Gasteiger partial charge in [-0.25, -0.2) is 0 Å². The summed E-state index contributed by atoms with van der Waals surface area (Å²) in [5.41, 5.74) is -2.29. The maximum atomic E-state index is 12.6. The molecule has 4 nitrogen and oxygen atoms in total. The zero-order chi connectivity index (χ0) is 21.3. The Bertz CT molecular complexity index is 381. The van der Waals surface area contributed by atoms with Gasteiger partial charge < -0.3 is 10.2 Å². The van der Waals surface area contributed by atoms with Crippen LogP contribution in [0, 0.1) is 0 Å². The minimum Gasteiger partial charge on any atom is -0.388 e. The average molecular weight is 417 g/mol. The van der Waals surface area contributed by atoms with Crippen LogP contribution in [0.5, 0.6) is 0 Å². The van der Waals surface area contributed by atoms with Gasteiger partial charge in [-0.05, 0) is 12.8 Å². The summed E-state index contributed by atoms with van der Waals surface area (Å²) in [6.07, 6.45) is 13.7. The number of Topliss-reactive ketones (excluding diaryl/α,β-unsaturated/α-hetero) is 2. The lowest BCUT2D eigenvalue weighted by Gasteiger charge is -2.29. The minimum absolute atomic E-state index is 0.109. The second kappa shape index (κ2) is 17.5. The molecule has 28 heavy (non-hydrogen) atoms. The molecule has 0 aliphatic rings. The number of carbonyl (C=O) groups is 2. The molecule has 0 amide bonds. The molecule has 1 unspecified atom stereocenters. The molecule has 0 aliphatic heterocycles. The van der Waals surface area contributed by atoms with Crippen LogP contribution in [0.1, 0.15) is 117 Å². The fraction of sp³-hybridized carbons (Fsp3) is 0.913. The molecular weight excluding hydrogens is 372 g/mol. The van der Waals surface area contributed by atoms with Gasteiger partial charge in [0, 0.05) is 18.6 Å². The molecule has 0 aromatic carbocycles. The summed E-state index contributed by atoms with van der Waals surface area (Å²) >= 11 is 4.00. The highest BCUT2D eigenvalue weighted by atomic mass is 32.1. The molecule has 0 aromatic heterocycles. The van der Waals surface area contributed by atoms with Gasteiger partial charge in [-0.15, -0.1) is 0 Å². The number of aliphatic hydroxyl groups excluding tert-OH is 1. The van der Waals surface area contributed by atoms with Gasteiger partial charge in [-0.1, -0.05) is 90.9 Å². The highest BCUT2D eigenvalue weighted by Gasteiger charge is 2.47. The van der Waals surface area contributed by atoms with Crippen LogP contribution in [0.2, 0.25) is 0 Å². The number of ketones is 2. The topological polar surface area (TPSA) is 74.6 Å². The Labute approximate surface area is 178 Å². The maximum absolute atomic E-state index is 12.6. The van der Waals surface area contributed by atoms with Crippen molar-refractivity contribution < 1.29 is 19.8 Å². The summed E-state index contributed by atoms with van der Waals surface area (Å²) in [5, 5.41) is 20.9. The first kappa shape index (κ1) is 27.6. The quantitative estimate of drug-likeness (QED) is 0.141. The lowest BCUT2D eigenvalue weighted by Crippen LogP contribution is -2.56. The Morgan fingerprint density at radius 3 is 1.36 bits per heavy atom. The Hall–Kier alpha value is -0.390. The van der Waals surface area contributed by atoms with Crippen LogP contribution in [-0.2, 0) is 9.59 Å². The lowest BCUT2D eigenvalue weighted by atomic mass is 9.83. The molecule has 0 aliphatic carbocycles. The molecule has 0 saturated carbocycles. The molecule has 0 aromatic rings. The van der Waals surface area contributed by atoms with Crippen LogP contribution >= 0.6 is 12.6 Å². The Balaban J connectivity index is 4.37. The fourth-order valence-corrected chi connectivity index (χ4v) is 3.79. The number of unbranched alkanes of at least 4 members (excludes halogenated alkanes) is 12. The van der Waals surface area contributed by atoms with Gasteiger partial charge in [0.15, 0.2) is 11.6 Å². The van der Waals surface area contributed by atoms with Gasteiger partial charge in [-0.3, -0.25) is 9.59 Å². The highest BCUT2D eigenvalue weighted by Crippen LogP contribution is 2.23. The van der Waals surface area contributed by atoms with Gasteiger partial charge in [0.25, 0.3) is 0 Å². The van der Waals surface area contributed by atoms with E-state index >= 15 is 0 Å². The number of carbonyl (C=O) groups excluding carboxylic acids is 2. The van der Waals surface area contributed by atoms with Crippen molar-refractivity contribution >= 4 is 24.2 Å². The Morgan fingerprint density at radius 1 is 0.714 bits per heavy atom. The van der Waals surface area contributed by atoms with E-state index in [4.69, 9.17) is 0 Å². The van der Waals surface area contributed by atoms with Crippen molar-refractivity contribution in [2.24, 2.45) is 0 Å². The third-order valence-electron chi connectivity index (χ3n) is 5.52. The van der Waals surface area contributed by atoms with Gasteiger partial charge in [0.05, 0.1) is 0 Å². The Kier molecular flexibility index (Phi) is 17.2. The van der Waals surface area contributed by atoms with Gasteiger partial charge >= 0.3 is 0 Å². The fourth-order valence-electron chi connectivity index (χ4n) is 3.53. The summed E-state index contributed by atoms with van der Waals surface area (Å²) in [6.45, 7) is 4.35. The lowest BCUT2D eigenvalue weighted by molar-refractivity contribution is -0.161. The molecular formula is C23H44O4S. The molecule has 166 valence electrons. The van der Waals surface area contributed by atoms with Gasteiger partial charge in [0.2, 0.25) is 5.60 Å². The second-order valence-corrected chi connectivity index (χ2v) is 8.42. The van der Waals surface area contributed by atoms with Crippen LogP contribution < -0.4 is 0 Å². The van der Waals surface area contributed by atoms with E-state index in [0.717, 1.165) is 38.5 Å². The normalized spacial score (nSPS) is 12.9. The van der Waals surface area contributed by atoms with Crippen molar-refractivity contribution in [1.29, 1.82) is 0 Å². The van der Waals surface area contributed by atoms with Crippen molar-refractivity contribution in [2.45, 2.75) is 128 Å². The number of rotatable bonds is 20. The van der Waals surface area contributed by atoms with Crippen LogP contribution in [-0.4, -0.2) is 39.2 Å². The van der Waals surface area contributed by atoms with Crippen LogP contribution in [0.3, 0.4) is 0 Å². The molecule has 0 heterocycles. The minimum atomic E-state index is -2.29. The van der Waals surface area contributed by atoms with Gasteiger partial charge in [0.1, 0.15) is 6.10 Å². The first-order valence-electron chi connectivity index (χ1n) is 11.5. The van der Waals surface area contributed by atoms with Crippen molar-refractivity contribution in [3.63, 3.8) is 0 Å². The third-order valence-corrected chi connectivity index (χ3v) is 5.87. The number of aliphatic hydroxyl groups is 2.